The summed E-state index contributed by atoms with van der Waals surface area (Å²) in [6, 6.07) is 4.78. The molecule has 0 atom stereocenters. The van der Waals surface area contributed by atoms with Crippen LogP contribution in [-0.2, 0) is 0 Å². The van der Waals surface area contributed by atoms with Crippen LogP contribution in [0.1, 0.15) is 0 Å². The van der Waals surface area contributed by atoms with Gasteiger partial charge in [-0.1, -0.05) is 11.6 Å². The summed E-state index contributed by atoms with van der Waals surface area (Å²) >= 11 is 5.63. The van der Waals surface area contributed by atoms with E-state index in [2.05, 4.69) is 10.3 Å². The third-order valence-corrected chi connectivity index (χ3v) is 2.21. The minimum Gasteiger partial charge on any atom is -0.340 e. The number of nitrogens with zero attached hydrogens (tertiary/aromatic N) is 1. The molecule has 0 saturated carbocycles. The summed E-state index contributed by atoms with van der Waals surface area (Å²) < 4.78 is 38.5. The van der Waals surface area contributed by atoms with Crippen LogP contribution < -0.4 is 5.32 Å². The number of hydrogen-bond donors (Lipinski definition) is 1. The minimum absolute atomic E-state index is 0.0659. The van der Waals surface area contributed by atoms with Gasteiger partial charge in [0.05, 0.1) is 5.02 Å². The Hall–Kier alpha value is -1.75. The number of hydrogen-bond acceptors (Lipinski definition) is 2. The van der Waals surface area contributed by atoms with Crippen molar-refractivity contribution in [1.29, 1.82) is 0 Å². The van der Waals surface area contributed by atoms with Crippen molar-refractivity contribution in [2.24, 2.45) is 0 Å². The van der Waals surface area contributed by atoms with E-state index in [4.69, 9.17) is 11.6 Å². The van der Waals surface area contributed by atoms with Crippen molar-refractivity contribution in [3.05, 3.63) is 52.9 Å². The Labute approximate surface area is 100 Å². The molecule has 0 saturated heterocycles. The summed E-state index contributed by atoms with van der Waals surface area (Å²) in [5.74, 6) is -3.68. The number of nitrogens with one attached hydrogen (secondary N) is 1. The van der Waals surface area contributed by atoms with Gasteiger partial charge >= 0.3 is 0 Å². The van der Waals surface area contributed by atoms with Gasteiger partial charge in [-0.25, -0.2) is 18.2 Å². The summed E-state index contributed by atoms with van der Waals surface area (Å²) in [5.41, 5.74) is 0.0659. The SMILES string of the molecule is Fc1cc(Nc2ccc(Cl)cn2)cc(F)c1F. The fraction of sp³-hybridized carbons (Fsp3) is 0. The highest BCUT2D eigenvalue weighted by molar-refractivity contribution is 6.30. The van der Waals surface area contributed by atoms with Crippen molar-refractivity contribution in [2.45, 2.75) is 0 Å². The maximum atomic E-state index is 12.9. The summed E-state index contributed by atoms with van der Waals surface area (Å²) in [7, 11) is 0. The Morgan fingerprint density at radius 2 is 1.71 bits per heavy atom. The van der Waals surface area contributed by atoms with Crippen LogP contribution in [0.2, 0.25) is 5.02 Å². The summed E-state index contributed by atoms with van der Waals surface area (Å²) in [6.45, 7) is 0. The molecule has 0 unspecified atom stereocenters. The van der Waals surface area contributed by atoms with Crippen molar-refractivity contribution in [3.63, 3.8) is 0 Å². The van der Waals surface area contributed by atoms with Crippen LogP contribution in [0.15, 0.2) is 30.5 Å². The van der Waals surface area contributed by atoms with E-state index in [0.717, 1.165) is 12.1 Å². The molecule has 1 N–H and O–H groups in total. The molecule has 2 nitrogen and oxygen atoms in total. The van der Waals surface area contributed by atoms with E-state index in [1.165, 1.54) is 12.3 Å². The molecular formula is C11H6ClF3N2. The lowest BCUT2D eigenvalue weighted by Gasteiger charge is -2.06. The summed E-state index contributed by atoms with van der Waals surface area (Å²) in [6.07, 6.45) is 1.38. The zero-order valence-corrected chi connectivity index (χ0v) is 9.10. The molecule has 0 amide bonds. The number of aromatic nitrogens is 1. The largest absolute Gasteiger partial charge is 0.340 e. The highest BCUT2D eigenvalue weighted by Crippen LogP contribution is 2.20. The van der Waals surface area contributed by atoms with E-state index in [1.807, 2.05) is 0 Å². The summed E-state index contributed by atoms with van der Waals surface area (Å²) in [4.78, 5) is 3.87. The average molecular weight is 259 g/mol. The molecule has 1 aromatic carbocycles. The lowest BCUT2D eigenvalue weighted by molar-refractivity contribution is 0.448. The quantitative estimate of drug-likeness (QED) is 0.827. The maximum Gasteiger partial charge on any atom is 0.194 e. The lowest BCUT2D eigenvalue weighted by Crippen LogP contribution is -1.97. The second-order valence-electron chi connectivity index (χ2n) is 3.24. The molecule has 17 heavy (non-hydrogen) atoms. The first-order valence-electron chi connectivity index (χ1n) is 4.59. The van der Waals surface area contributed by atoms with Gasteiger partial charge in [0.15, 0.2) is 17.5 Å². The Kier molecular flexibility index (Phi) is 3.19. The molecule has 0 spiro atoms. The topological polar surface area (TPSA) is 24.9 Å². The number of anilines is 2. The fourth-order valence-corrected chi connectivity index (χ4v) is 1.34. The average Bonchev–Trinajstić information content (AvgIpc) is 2.29. The Bertz CT molecular complexity index is 520. The molecule has 1 aromatic heterocycles. The molecule has 0 fully saturated rings. The van der Waals surface area contributed by atoms with Crippen LogP contribution in [-0.4, -0.2) is 4.98 Å². The molecule has 2 aromatic rings. The summed E-state index contributed by atoms with van der Waals surface area (Å²) in [5, 5.41) is 3.06. The highest BCUT2D eigenvalue weighted by atomic mass is 35.5. The van der Waals surface area contributed by atoms with E-state index >= 15 is 0 Å². The third kappa shape index (κ3) is 2.68. The molecule has 0 aliphatic carbocycles. The monoisotopic (exact) mass is 258 g/mol. The highest BCUT2D eigenvalue weighted by Gasteiger charge is 2.10. The molecule has 6 heteroatoms. The van der Waals surface area contributed by atoms with Crippen LogP contribution in [0, 0.1) is 17.5 Å². The fourth-order valence-electron chi connectivity index (χ4n) is 1.23. The Morgan fingerprint density at radius 1 is 1.06 bits per heavy atom. The van der Waals surface area contributed by atoms with E-state index in [-0.39, 0.29) is 5.69 Å². The molecular weight excluding hydrogens is 253 g/mol. The number of pyridine rings is 1. The third-order valence-electron chi connectivity index (χ3n) is 1.98. The van der Waals surface area contributed by atoms with Gasteiger partial charge in [0.2, 0.25) is 0 Å². The van der Waals surface area contributed by atoms with Crippen LogP contribution >= 0.6 is 11.6 Å². The van der Waals surface area contributed by atoms with Gasteiger partial charge < -0.3 is 5.32 Å². The molecule has 0 aliphatic heterocycles. The zero-order valence-electron chi connectivity index (χ0n) is 8.35. The van der Waals surface area contributed by atoms with Crippen molar-refractivity contribution in [3.8, 4) is 0 Å². The second-order valence-corrected chi connectivity index (χ2v) is 3.68. The van der Waals surface area contributed by atoms with Crippen molar-refractivity contribution < 1.29 is 13.2 Å². The van der Waals surface area contributed by atoms with Crippen LogP contribution in [0.4, 0.5) is 24.7 Å². The predicted molar refractivity (Wildman–Crippen MR) is 58.8 cm³/mol. The minimum atomic E-state index is -1.50. The van der Waals surface area contributed by atoms with Crippen molar-refractivity contribution >= 4 is 23.1 Å². The van der Waals surface area contributed by atoms with Gasteiger partial charge in [-0.2, -0.15) is 0 Å². The number of halogens is 4. The van der Waals surface area contributed by atoms with Crippen molar-refractivity contribution in [2.75, 3.05) is 5.32 Å². The number of rotatable bonds is 2. The van der Waals surface area contributed by atoms with Gasteiger partial charge in [0.1, 0.15) is 5.82 Å². The Morgan fingerprint density at radius 3 is 2.24 bits per heavy atom. The molecule has 88 valence electrons. The second kappa shape index (κ2) is 4.63. The first-order valence-corrected chi connectivity index (χ1v) is 4.97. The van der Waals surface area contributed by atoms with Gasteiger partial charge in [-0.05, 0) is 12.1 Å². The zero-order chi connectivity index (χ0) is 12.4. The van der Waals surface area contributed by atoms with E-state index in [1.54, 1.807) is 6.07 Å². The lowest BCUT2D eigenvalue weighted by atomic mass is 10.3. The first kappa shape index (κ1) is 11.7. The predicted octanol–water partition coefficient (Wildman–Crippen LogP) is 3.90. The van der Waals surface area contributed by atoms with Crippen LogP contribution in [0.5, 0.6) is 0 Å². The van der Waals surface area contributed by atoms with E-state index in [0.29, 0.717) is 10.8 Å². The van der Waals surface area contributed by atoms with Gasteiger partial charge in [0.25, 0.3) is 0 Å². The first-order chi connectivity index (χ1) is 8.06. The van der Waals surface area contributed by atoms with Gasteiger partial charge in [-0.15, -0.1) is 0 Å². The number of benzene rings is 1. The Balaban J connectivity index is 2.27. The smallest absolute Gasteiger partial charge is 0.194 e. The maximum absolute atomic E-state index is 12.9. The standard InChI is InChI=1S/C11H6ClF3N2/c12-6-1-2-10(16-5-6)17-7-3-8(13)11(15)9(14)4-7/h1-5H,(H,16,17). The molecule has 2 rings (SSSR count). The van der Waals surface area contributed by atoms with Gasteiger partial charge in [0, 0.05) is 24.0 Å². The molecule has 0 bridgehead atoms. The van der Waals surface area contributed by atoms with E-state index in [9.17, 15) is 13.2 Å². The van der Waals surface area contributed by atoms with Gasteiger partial charge in [-0.3, -0.25) is 0 Å². The van der Waals surface area contributed by atoms with Crippen LogP contribution in [0.25, 0.3) is 0 Å². The normalized spacial score (nSPS) is 10.4. The van der Waals surface area contributed by atoms with E-state index < -0.39 is 17.5 Å². The molecule has 1 heterocycles. The van der Waals surface area contributed by atoms with Crippen LogP contribution in [0.3, 0.4) is 0 Å². The molecule has 0 aliphatic rings. The van der Waals surface area contributed by atoms with Crippen molar-refractivity contribution in [1.82, 2.24) is 4.98 Å². The molecule has 0 radical (unpaired) electrons.